The van der Waals surface area contributed by atoms with E-state index < -0.39 is 0 Å². The molecular formula is C16H17N3OS2. The number of hydrogen-bond acceptors (Lipinski definition) is 5. The van der Waals surface area contributed by atoms with Gasteiger partial charge in [-0.1, -0.05) is 36.9 Å². The van der Waals surface area contributed by atoms with Crippen LogP contribution in [0.1, 0.15) is 13.3 Å². The van der Waals surface area contributed by atoms with Crippen molar-refractivity contribution < 1.29 is 4.74 Å². The number of thioether (sulfide) groups is 1. The van der Waals surface area contributed by atoms with Crippen molar-refractivity contribution in [1.82, 2.24) is 14.8 Å². The van der Waals surface area contributed by atoms with E-state index in [-0.39, 0.29) is 0 Å². The molecule has 0 N–H and O–H groups in total. The molecule has 0 atom stereocenters. The van der Waals surface area contributed by atoms with Gasteiger partial charge in [-0.15, -0.1) is 21.5 Å². The van der Waals surface area contributed by atoms with Gasteiger partial charge in [-0.3, -0.25) is 4.57 Å². The zero-order valence-corrected chi connectivity index (χ0v) is 14.2. The zero-order valence-electron chi connectivity index (χ0n) is 12.5. The van der Waals surface area contributed by atoms with Crippen LogP contribution in [0, 0.1) is 0 Å². The van der Waals surface area contributed by atoms with Crippen LogP contribution in [-0.4, -0.2) is 27.6 Å². The molecule has 22 heavy (non-hydrogen) atoms. The van der Waals surface area contributed by atoms with Crippen LogP contribution in [0.15, 0.2) is 46.9 Å². The number of methoxy groups -OCH3 is 1. The van der Waals surface area contributed by atoms with Gasteiger partial charge in [-0.25, -0.2) is 0 Å². The van der Waals surface area contributed by atoms with Crippen molar-refractivity contribution in [3.63, 3.8) is 0 Å². The van der Waals surface area contributed by atoms with Crippen molar-refractivity contribution in [2.24, 2.45) is 0 Å². The lowest BCUT2D eigenvalue weighted by molar-refractivity contribution is 0.412. The summed E-state index contributed by atoms with van der Waals surface area (Å²) in [5, 5.41) is 11.7. The molecule has 0 amide bonds. The number of hydrogen-bond donors (Lipinski definition) is 0. The van der Waals surface area contributed by atoms with Gasteiger partial charge >= 0.3 is 0 Å². The molecule has 1 aromatic carbocycles. The Hall–Kier alpha value is -1.79. The van der Waals surface area contributed by atoms with E-state index in [1.807, 2.05) is 30.3 Å². The number of nitrogens with zero attached hydrogens (tertiary/aromatic N) is 3. The molecule has 0 radical (unpaired) electrons. The van der Waals surface area contributed by atoms with Gasteiger partial charge in [0.2, 0.25) is 0 Å². The number of thiophene rings is 1. The Kier molecular flexibility index (Phi) is 4.80. The highest BCUT2D eigenvalue weighted by molar-refractivity contribution is 7.99. The third kappa shape index (κ3) is 2.89. The van der Waals surface area contributed by atoms with Crippen molar-refractivity contribution in [1.29, 1.82) is 0 Å². The van der Waals surface area contributed by atoms with E-state index in [2.05, 4.69) is 33.1 Å². The van der Waals surface area contributed by atoms with E-state index in [0.717, 1.165) is 39.5 Å². The fourth-order valence-corrected chi connectivity index (χ4v) is 3.65. The highest BCUT2D eigenvalue weighted by atomic mass is 32.2. The second kappa shape index (κ2) is 6.98. The van der Waals surface area contributed by atoms with E-state index in [9.17, 15) is 0 Å². The van der Waals surface area contributed by atoms with E-state index >= 15 is 0 Å². The highest BCUT2D eigenvalue weighted by Crippen LogP contribution is 2.34. The molecule has 0 saturated heterocycles. The minimum absolute atomic E-state index is 0.818. The monoisotopic (exact) mass is 331 g/mol. The van der Waals surface area contributed by atoms with Crippen LogP contribution in [0.4, 0.5) is 0 Å². The first-order valence-electron chi connectivity index (χ1n) is 7.10. The van der Waals surface area contributed by atoms with Crippen molar-refractivity contribution in [3.8, 4) is 22.1 Å². The van der Waals surface area contributed by atoms with Crippen LogP contribution in [-0.2, 0) is 0 Å². The lowest BCUT2D eigenvalue weighted by Crippen LogP contribution is -2.01. The average molecular weight is 331 g/mol. The molecule has 0 aliphatic heterocycles. The number of rotatable bonds is 6. The molecule has 0 unspecified atom stereocenters. The van der Waals surface area contributed by atoms with Crippen molar-refractivity contribution >= 4 is 23.1 Å². The Labute approximate surface area is 138 Å². The molecule has 2 aromatic heterocycles. The maximum atomic E-state index is 5.52. The summed E-state index contributed by atoms with van der Waals surface area (Å²) in [6.07, 6.45) is 1.10. The van der Waals surface area contributed by atoms with Gasteiger partial charge in [0, 0.05) is 5.75 Å². The molecule has 0 bridgehead atoms. The first kappa shape index (κ1) is 15.1. The Morgan fingerprint density at radius 2 is 2.05 bits per heavy atom. The van der Waals surface area contributed by atoms with Gasteiger partial charge in [-0.05, 0) is 30.0 Å². The Morgan fingerprint density at radius 3 is 2.77 bits per heavy atom. The Bertz CT molecular complexity index is 738. The predicted molar refractivity (Wildman–Crippen MR) is 92.2 cm³/mol. The van der Waals surface area contributed by atoms with Gasteiger partial charge < -0.3 is 4.74 Å². The van der Waals surface area contributed by atoms with Crippen molar-refractivity contribution in [2.75, 3.05) is 12.9 Å². The van der Waals surface area contributed by atoms with Crippen LogP contribution in [0.2, 0.25) is 0 Å². The average Bonchev–Trinajstić information content (AvgIpc) is 3.21. The summed E-state index contributed by atoms with van der Waals surface area (Å²) < 4.78 is 7.61. The summed E-state index contributed by atoms with van der Waals surface area (Å²) in [4.78, 5) is 1.10. The first-order valence-corrected chi connectivity index (χ1v) is 8.97. The molecule has 3 rings (SSSR count). The van der Waals surface area contributed by atoms with Crippen LogP contribution in [0.25, 0.3) is 16.4 Å². The third-order valence-corrected chi connectivity index (χ3v) is 5.14. The summed E-state index contributed by atoms with van der Waals surface area (Å²) in [6, 6.07) is 12.1. The molecule has 0 aliphatic carbocycles. The molecule has 0 saturated carbocycles. The minimum atomic E-state index is 0.818. The number of para-hydroxylation sites is 2. The Balaban J connectivity index is 2.16. The SMILES string of the molecule is CCCSc1nnc(-c2cccs2)n1-c1ccccc1OC. The van der Waals surface area contributed by atoms with Gasteiger partial charge in [0.05, 0.1) is 17.7 Å². The van der Waals surface area contributed by atoms with Gasteiger partial charge in [0.15, 0.2) is 11.0 Å². The number of ether oxygens (including phenoxy) is 1. The molecule has 0 aliphatic rings. The molecule has 4 nitrogen and oxygen atoms in total. The molecule has 0 spiro atoms. The number of benzene rings is 1. The quantitative estimate of drug-likeness (QED) is 0.623. The van der Waals surface area contributed by atoms with E-state index in [1.54, 1.807) is 30.2 Å². The third-order valence-electron chi connectivity index (χ3n) is 3.14. The van der Waals surface area contributed by atoms with Crippen LogP contribution < -0.4 is 4.74 Å². The molecule has 0 fully saturated rings. The molecular weight excluding hydrogens is 314 g/mol. The summed E-state index contributed by atoms with van der Waals surface area (Å²) in [5.74, 6) is 2.69. The fraction of sp³-hybridized carbons (Fsp3) is 0.250. The van der Waals surface area contributed by atoms with Crippen molar-refractivity contribution in [2.45, 2.75) is 18.5 Å². The van der Waals surface area contributed by atoms with E-state index in [4.69, 9.17) is 4.74 Å². The summed E-state index contributed by atoms with van der Waals surface area (Å²) in [7, 11) is 1.69. The second-order valence-corrected chi connectivity index (χ2v) is 6.65. The van der Waals surface area contributed by atoms with Crippen LogP contribution in [0.5, 0.6) is 5.75 Å². The second-order valence-electron chi connectivity index (χ2n) is 4.64. The normalized spacial score (nSPS) is 10.8. The summed E-state index contributed by atoms with van der Waals surface area (Å²) in [5.41, 5.74) is 0.969. The highest BCUT2D eigenvalue weighted by Gasteiger charge is 2.18. The standard InChI is InChI=1S/C16H17N3OS2/c1-3-10-22-16-18-17-15(14-9-6-11-21-14)19(16)12-7-4-5-8-13(12)20-2/h4-9,11H,3,10H2,1-2H3. The smallest absolute Gasteiger partial charge is 0.196 e. The maximum Gasteiger partial charge on any atom is 0.196 e. The van der Waals surface area contributed by atoms with Gasteiger partial charge in [0.1, 0.15) is 5.75 Å². The van der Waals surface area contributed by atoms with E-state index in [1.165, 1.54) is 0 Å². The molecule has 6 heteroatoms. The van der Waals surface area contributed by atoms with Crippen molar-refractivity contribution in [3.05, 3.63) is 41.8 Å². The summed E-state index contributed by atoms with van der Waals surface area (Å²) in [6.45, 7) is 2.16. The molecule has 2 heterocycles. The van der Waals surface area contributed by atoms with Gasteiger partial charge in [-0.2, -0.15) is 0 Å². The lowest BCUT2D eigenvalue weighted by atomic mass is 10.3. The minimum Gasteiger partial charge on any atom is -0.495 e. The first-order chi connectivity index (χ1) is 10.8. The van der Waals surface area contributed by atoms with Crippen LogP contribution in [0.3, 0.4) is 0 Å². The maximum absolute atomic E-state index is 5.52. The molecule has 3 aromatic rings. The molecule has 114 valence electrons. The zero-order chi connectivity index (χ0) is 15.4. The number of aromatic nitrogens is 3. The lowest BCUT2D eigenvalue weighted by Gasteiger charge is -2.13. The van der Waals surface area contributed by atoms with E-state index in [0.29, 0.717) is 0 Å². The summed E-state index contributed by atoms with van der Waals surface area (Å²) >= 11 is 3.38. The Morgan fingerprint density at radius 1 is 1.18 bits per heavy atom. The topological polar surface area (TPSA) is 39.9 Å². The van der Waals surface area contributed by atoms with Crippen LogP contribution >= 0.6 is 23.1 Å². The van der Waals surface area contributed by atoms with Gasteiger partial charge in [0.25, 0.3) is 0 Å². The fourth-order valence-electron chi connectivity index (χ4n) is 2.15. The largest absolute Gasteiger partial charge is 0.495 e. The predicted octanol–water partition coefficient (Wildman–Crippen LogP) is 4.51.